The number of unbranched alkanes of at least 4 members (excludes halogenated alkanes) is 15. The van der Waals surface area contributed by atoms with Crippen molar-refractivity contribution < 1.29 is 37.7 Å². The van der Waals surface area contributed by atoms with Crippen molar-refractivity contribution in [3.8, 4) is 0 Å². The van der Waals surface area contributed by atoms with Crippen molar-refractivity contribution in [1.82, 2.24) is 0 Å². The second-order valence-corrected chi connectivity index (χ2v) is 11.4. The first kappa shape index (κ1) is 35.5. The van der Waals surface area contributed by atoms with E-state index in [0.717, 1.165) is 12.8 Å². The van der Waals surface area contributed by atoms with Crippen LogP contribution in [0.25, 0.3) is 0 Å². The van der Waals surface area contributed by atoms with Crippen molar-refractivity contribution in [2.75, 3.05) is 46.8 Å². The van der Waals surface area contributed by atoms with Gasteiger partial charge in [0.05, 0.1) is 6.61 Å². The van der Waals surface area contributed by atoms with Crippen LogP contribution < -0.4 is 0 Å². The minimum Gasteiger partial charge on any atom is -0.459 e. The molecule has 0 aromatic heterocycles. The minimum absolute atomic E-state index is 0.0360. The summed E-state index contributed by atoms with van der Waals surface area (Å²) in [5.41, 5.74) is 0. The molecule has 0 aliphatic heterocycles. The fourth-order valence-electron chi connectivity index (χ4n) is 3.99. The highest BCUT2D eigenvalue weighted by Crippen LogP contribution is 2.41. The van der Waals surface area contributed by atoms with Gasteiger partial charge in [0.2, 0.25) is 5.79 Å². The van der Waals surface area contributed by atoms with Gasteiger partial charge in [-0.1, -0.05) is 103 Å². The summed E-state index contributed by atoms with van der Waals surface area (Å²) < 4.78 is 37.9. The normalized spacial score (nSPS) is 13.6. The molecular formula is C27H55O8P. The molecule has 0 saturated carbocycles. The van der Waals surface area contributed by atoms with Crippen molar-refractivity contribution in [2.24, 2.45) is 0 Å². The van der Waals surface area contributed by atoms with Gasteiger partial charge in [0.25, 0.3) is 0 Å². The summed E-state index contributed by atoms with van der Waals surface area (Å²) in [6.07, 6.45) is 20.4. The van der Waals surface area contributed by atoms with Gasteiger partial charge < -0.3 is 28.4 Å². The number of esters is 1. The molecule has 0 saturated heterocycles. The zero-order valence-electron chi connectivity index (χ0n) is 23.6. The van der Waals surface area contributed by atoms with Crippen LogP contribution in [0, 0.1) is 0 Å². The van der Waals surface area contributed by atoms with Crippen LogP contribution in [0.15, 0.2) is 0 Å². The Morgan fingerprint density at radius 2 is 1.17 bits per heavy atom. The Hall–Kier alpha value is -0.500. The Morgan fingerprint density at radius 3 is 1.58 bits per heavy atom. The molecule has 0 rings (SSSR count). The third-order valence-electron chi connectivity index (χ3n) is 6.32. The Balaban J connectivity index is 3.72. The molecule has 0 spiro atoms. The van der Waals surface area contributed by atoms with Crippen LogP contribution in [0.3, 0.4) is 0 Å². The van der Waals surface area contributed by atoms with Gasteiger partial charge in [-0.25, -0.2) is 0 Å². The summed E-state index contributed by atoms with van der Waals surface area (Å²) >= 11 is 0. The molecule has 0 aromatic carbocycles. The predicted molar refractivity (Wildman–Crippen MR) is 144 cm³/mol. The van der Waals surface area contributed by atoms with E-state index in [1.54, 1.807) is 6.92 Å². The summed E-state index contributed by atoms with van der Waals surface area (Å²) in [6, 6.07) is 0. The molecule has 9 heteroatoms. The molecule has 0 bridgehead atoms. The summed E-state index contributed by atoms with van der Waals surface area (Å²) in [5, 5.41) is 0. The molecule has 1 N–H and O–H groups in total. The predicted octanol–water partition coefficient (Wildman–Crippen LogP) is 7.02. The lowest BCUT2D eigenvalue weighted by molar-refractivity contribution is -0.256. The van der Waals surface area contributed by atoms with E-state index in [1.165, 1.54) is 104 Å². The minimum atomic E-state index is -3.99. The topological polar surface area (TPSA) is 101 Å². The maximum absolute atomic E-state index is 11.9. The van der Waals surface area contributed by atoms with Gasteiger partial charge in [0, 0.05) is 20.8 Å². The zero-order valence-corrected chi connectivity index (χ0v) is 24.5. The molecule has 0 aliphatic carbocycles. The number of carbonyl (C=O) groups is 1. The van der Waals surface area contributed by atoms with Crippen LogP contribution in [0.4, 0.5) is 0 Å². The Labute approximate surface area is 220 Å². The van der Waals surface area contributed by atoms with Crippen molar-refractivity contribution in [3.05, 3.63) is 0 Å². The van der Waals surface area contributed by atoms with E-state index >= 15 is 0 Å². The van der Waals surface area contributed by atoms with E-state index in [0.29, 0.717) is 6.61 Å². The maximum atomic E-state index is 11.9. The van der Waals surface area contributed by atoms with Gasteiger partial charge in [-0.15, -0.1) is 0 Å². The van der Waals surface area contributed by atoms with Crippen LogP contribution >= 0.6 is 7.60 Å². The van der Waals surface area contributed by atoms with Gasteiger partial charge in [-0.2, -0.15) is 0 Å². The molecule has 1 atom stereocenters. The largest absolute Gasteiger partial charge is 0.459 e. The highest BCUT2D eigenvalue weighted by molar-refractivity contribution is 7.53. The van der Waals surface area contributed by atoms with E-state index in [9.17, 15) is 14.3 Å². The molecule has 216 valence electrons. The van der Waals surface area contributed by atoms with Crippen LogP contribution in [-0.4, -0.2) is 63.5 Å². The van der Waals surface area contributed by atoms with E-state index in [4.69, 9.17) is 18.9 Å². The van der Waals surface area contributed by atoms with Crippen LogP contribution in [0.2, 0.25) is 0 Å². The fraction of sp³-hybridized carbons (Fsp3) is 0.963. The first-order valence-electron chi connectivity index (χ1n) is 14.1. The van der Waals surface area contributed by atoms with Crippen molar-refractivity contribution >= 4 is 13.6 Å². The Kier molecular flexibility index (Phi) is 23.3. The third-order valence-corrected chi connectivity index (χ3v) is 7.64. The molecule has 0 radical (unpaired) electrons. The number of methoxy groups -OCH3 is 2. The SMILES string of the molecule is CCCCCCCCCCCCCCCCCCOCC(COC(=O)CP(=O)(O)OCC)(OC)OC. The average molecular weight is 539 g/mol. The van der Waals surface area contributed by atoms with E-state index in [1.807, 2.05) is 0 Å². The quantitative estimate of drug-likeness (QED) is 0.0515. The maximum Gasteiger partial charge on any atom is 0.339 e. The molecule has 0 aliphatic rings. The van der Waals surface area contributed by atoms with Gasteiger partial charge in [0.15, 0.2) is 0 Å². The smallest absolute Gasteiger partial charge is 0.339 e. The van der Waals surface area contributed by atoms with E-state index in [2.05, 4.69) is 11.4 Å². The van der Waals surface area contributed by atoms with E-state index in [-0.39, 0.29) is 19.8 Å². The molecule has 8 nitrogen and oxygen atoms in total. The van der Waals surface area contributed by atoms with Crippen LogP contribution in [0.5, 0.6) is 0 Å². The zero-order chi connectivity index (χ0) is 27.0. The molecule has 0 aromatic rings. The Morgan fingerprint density at radius 1 is 0.722 bits per heavy atom. The molecule has 36 heavy (non-hydrogen) atoms. The van der Waals surface area contributed by atoms with Crippen LogP contribution in [0.1, 0.15) is 117 Å². The number of carbonyl (C=O) groups excluding carboxylic acids is 1. The summed E-state index contributed by atoms with van der Waals surface area (Å²) in [4.78, 5) is 21.4. The Bertz CT molecular complexity index is 554. The number of rotatable bonds is 27. The first-order chi connectivity index (χ1) is 17.3. The fourth-order valence-corrected chi connectivity index (χ4v) is 4.90. The number of ether oxygens (including phenoxy) is 4. The third kappa shape index (κ3) is 20.5. The highest BCUT2D eigenvalue weighted by Gasteiger charge is 2.34. The summed E-state index contributed by atoms with van der Waals surface area (Å²) in [7, 11) is -1.12. The molecular weight excluding hydrogens is 483 g/mol. The molecule has 0 heterocycles. The molecule has 0 amide bonds. The number of hydrogen-bond donors (Lipinski definition) is 1. The van der Waals surface area contributed by atoms with Crippen molar-refractivity contribution in [2.45, 2.75) is 122 Å². The lowest BCUT2D eigenvalue weighted by Gasteiger charge is -2.30. The average Bonchev–Trinajstić information content (AvgIpc) is 2.85. The molecule has 1 unspecified atom stereocenters. The summed E-state index contributed by atoms with van der Waals surface area (Å²) in [6.45, 7) is 4.29. The van der Waals surface area contributed by atoms with Crippen LogP contribution in [-0.2, 0) is 32.8 Å². The second-order valence-electron chi connectivity index (χ2n) is 9.55. The number of hydrogen-bond acceptors (Lipinski definition) is 7. The lowest BCUT2D eigenvalue weighted by Crippen LogP contribution is -2.44. The summed E-state index contributed by atoms with van der Waals surface area (Å²) in [5.74, 6) is -2.11. The van der Waals surface area contributed by atoms with Gasteiger partial charge in [0.1, 0.15) is 19.4 Å². The second kappa shape index (κ2) is 23.6. The first-order valence-corrected chi connectivity index (χ1v) is 15.9. The van der Waals surface area contributed by atoms with Crippen molar-refractivity contribution in [3.63, 3.8) is 0 Å². The lowest BCUT2D eigenvalue weighted by atomic mass is 10.0. The van der Waals surface area contributed by atoms with Crippen molar-refractivity contribution in [1.29, 1.82) is 0 Å². The van der Waals surface area contributed by atoms with Gasteiger partial charge in [-0.3, -0.25) is 9.36 Å². The van der Waals surface area contributed by atoms with Gasteiger partial charge in [-0.05, 0) is 13.3 Å². The standard InChI is InChI=1S/C27H55O8P/c1-5-7-8-9-10-11-12-13-14-15-16-17-18-19-20-21-22-33-24-27(31-3,32-4)25-34-26(28)23-36(29,30)35-6-2/h5-25H2,1-4H3,(H,29,30). The van der Waals surface area contributed by atoms with Gasteiger partial charge >= 0.3 is 13.6 Å². The molecule has 0 fully saturated rings. The highest BCUT2D eigenvalue weighted by atomic mass is 31.2. The van der Waals surface area contributed by atoms with E-state index < -0.39 is 25.5 Å². The monoisotopic (exact) mass is 538 g/mol.